The van der Waals surface area contributed by atoms with Crippen LogP contribution in [0, 0.1) is 0 Å². The first-order valence-corrected chi connectivity index (χ1v) is 9.80. The van der Waals surface area contributed by atoms with Crippen LogP contribution >= 0.6 is 31.9 Å². The minimum absolute atomic E-state index is 0.985. The summed E-state index contributed by atoms with van der Waals surface area (Å²) in [6, 6.07) is 22.0. The summed E-state index contributed by atoms with van der Waals surface area (Å²) in [6.45, 7) is 0. The first-order valence-electron chi connectivity index (χ1n) is 7.56. The quantitative estimate of drug-likeness (QED) is 0.422. The Hall–Kier alpha value is -1.12. The van der Waals surface area contributed by atoms with Gasteiger partial charge >= 0.3 is 0 Å². The highest BCUT2D eigenvalue weighted by Gasteiger charge is 2.12. The van der Waals surface area contributed by atoms with Crippen molar-refractivity contribution < 1.29 is 0 Å². The molecular formula is C20H18Br2. The molecule has 0 aliphatic rings. The Morgan fingerprint density at radius 1 is 0.636 bits per heavy atom. The lowest BCUT2D eigenvalue weighted by Gasteiger charge is -2.16. The molecule has 0 aromatic heterocycles. The van der Waals surface area contributed by atoms with E-state index in [-0.39, 0.29) is 0 Å². The smallest absolute Gasteiger partial charge is 0.00720 e. The van der Waals surface area contributed by atoms with Gasteiger partial charge in [0, 0.05) is 10.7 Å². The summed E-state index contributed by atoms with van der Waals surface area (Å²) in [6.07, 6.45) is 2.09. The lowest BCUT2D eigenvalue weighted by atomic mass is 9.89. The highest BCUT2D eigenvalue weighted by Crippen LogP contribution is 2.35. The van der Waals surface area contributed by atoms with Crippen LogP contribution in [0.2, 0.25) is 0 Å². The molecule has 0 bridgehead atoms. The zero-order valence-electron chi connectivity index (χ0n) is 12.4. The van der Waals surface area contributed by atoms with Crippen molar-refractivity contribution in [3.63, 3.8) is 0 Å². The molecule has 0 amide bonds. The predicted molar refractivity (Wildman–Crippen MR) is 104 cm³/mol. The molecule has 0 saturated carbocycles. The fourth-order valence-electron chi connectivity index (χ4n) is 3.03. The summed E-state index contributed by atoms with van der Waals surface area (Å²) in [5, 5.41) is 4.63. The van der Waals surface area contributed by atoms with Gasteiger partial charge in [-0.15, -0.1) is 0 Å². The molecule has 0 spiro atoms. The fourth-order valence-corrected chi connectivity index (χ4v) is 3.88. The molecule has 0 aliphatic carbocycles. The molecule has 3 aromatic rings. The van der Waals surface area contributed by atoms with Crippen molar-refractivity contribution in [3.8, 4) is 11.1 Å². The first-order chi connectivity index (χ1) is 10.8. The largest absolute Gasteiger partial charge is 0.0924 e. The van der Waals surface area contributed by atoms with Gasteiger partial charge in [-0.2, -0.15) is 0 Å². The van der Waals surface area contributed by atoms with Crippen molar-refractivity contribution in [1.29, 1.82) is 0 Å². The second kappa shape index (κ2) is 7.43. The van der Waals surface area contributed by atoms with E-state index in [4.69, 9.17) is 0 Å². The lowest BCUT2D eigenvalue weighted by molar-refractivity contribution is 1.15. The van der Waals surface area contributed by atoms with Gasteiger partial charge in [0.05, 0.1) is 0 Å². The van der Waals surface area contributed by atoms with E-state index in [0.29, 0.717) is 0 Å². The van der Waals surface area contributed by atoms with Crippen molar-refractivity contribution in [2.24, 2.45) is 0 Å². The molecule has 0 radical (unpaired) electrons. The van der Waals surface area contributed by atoms with E-state index in [0.717, 1.165) is 23.5 Å². The van der Waals surface area contributed by atoms with Crippen molar-refractivity contribution in [3.05, 3.63) is 71.8 Å². The number of benzene rings is 3. The molecule has 0 fully saturated rings. The van der Waals surface area contributed by atoms with Crippen LogP contribution < -0.4 is 0 Å². The second-order valence-corrected chi connectivity index (χ2v) is 6.94. The Balaban J connectivity index is 2.30. The van der Waals surface area contributed by atoms with E-state index >= 15 is 0 Å². The van der Waals surface area contributed by atoms with Gasteiger partial charge in [0.15, 0.2) is 0 Å². The van der Waals surface area contributed by atoms with E-state index in [1.54, 1.807) is 0 Å². The Kier molecular flexibility index (Phi) is 5.32. The number of rotatable bonds is 5. The molecule has 0 nitrogen and oxygen atoms in total. The molecule has 3 rings (SSSR count). The molecule has 22 heavy (non-hydrogen) atoms. The Labute approximate surface area is 148 Å². The highest BCUT2D eigenvalue weighted by atomic mass is 79.9. The van der Waals surface area contributed by atoms with Crippen LogP contribution in [0.15, 0.2) is 60.7 Å². The maximum absolute atomic E-state index is 3.60. The van der Waals surface area contributed by atoms with Crippen LogP contribution in [0.3, 0.4) is 0 Å². The number of hydrogen-bond acceptors (Lipinski definition) is 0. The Bertz CT molecular complexity index is 778. The molecule has 112 valence electrons. The number of hydrogen-bond donors (Lipinski definition) is 0. The third-order valence-electron chi connectivity index (χ3n) is 4.03. The first kappa shape index (κ1) is 15.8. The van der Waals surface area contributed by atoms with Gasteiger partial charge in [0.2, 0.25) is 0 Å². The fraction of sp³-hybridized carbons (Fsp3) is 0.200. The maximum Gasteiger partial charge on any atom is 0.00720 e. The van der Waals surface area contributed by atoms with Gasteiger partial charge in [-0.05, 0) is 45.9 Å². The summed E-state index contributed by atoms with van der Waals surface area (Å²) in [4.78, 5) is 0. The summed E-state index contributed by atoms with van der Waals surface area (Å²) in [5.74, 6) is 0. The van der Waals surface area contributed by atoms with Gasteiger partial charge in [0.1, 0.15) is 0 Å². The van der Waals surface area contributed by atoms with Crippen LogP contribution in [0.1, 0.15) is 11.1 Å². The van der Waals surface area contributed by atoms with Crippen molar-refractivity contribution in [2.45, 2.75) is 12.8 Å². The number of alkyl halides is 2. The van der Waals surface area contributed by atoms with Gasteiger partial charge in [-0.25, -0.2) is 0 Å². The molecule has 0 heterocycles. The highest BCUT2D eigenvalue weighted by molar-refractivity contribution is 9.09. The zero-order chi connectivity index (χ0) is 15.4. The monoisotopic (exact) mass is 416 g/mol. The lowest BCUT2D eigenvalue weighted by Crippen LogP contribution is -1.97. The number of halogens is 2. The molecule has 0 aliphatic heterocycles. The topological polar surface area (TPSA) is 0 Å². The van der Waals surface area contributed by atoms with E-state index in [9.17, 15) is 0 Å². The number of aryl methyl sites for hydroxylation is 2. The van der Waals surface area contributed by atoms with E-state index < -0.39 is 0 Å². The molecule has 0 N–H and O–H groups in total. The summed E-state index contributed by atoms with van der Waals surface area (Å²) in [5.41, 5.74) is 5.59. The van der Waals surface area contributed by atoms with Gasteiger partial charge < -0.3 is 0 Å². The van der Waals surface area contributed by atoms with E-state index in [1.807, 2.05) is 0 Å². The van der Waals surface area contributed by atoms with E-state index in [2.05, 4.69) is 92.5 Å². The van der Waals surface area contributed by atoms with Crippen LogP contribution in [-0.2, 0) is 12.8 Å². The van der Waals surface area contributed by atoms with Crippen LogP contribution in [0.5, 0.6) is 0 Å². The normalized spacial score (nSPS) is 11.0. The third kappa shape index (κ3) is 3.13. The minimum atomic E-state index is 0.985. The summed E-state index contributed by atoms with van der Waals surface area (Å²) >= 11 is 7.18. The molecule has 0 unspecified atom stereocenters. The summed E-state index contributed by atoms with van der Waals surface area (Å²) < 4.78 is 0. The van der Waals surface area contributed by atoms with Crippen molar-refractivity contribution >= 4 is 42.6 Å². The van der Waals surface area contributed by atoms with Gasteiger partial charge in [-0.3, -0.25) is 0 Å². The predicted octanol–water partition coefficient (Wildman–Crippen LogP) is 6.38. The molecular weight excluding hydrogens is 400 g/mol. The average molecular weight is 418 g/mol. The van der Waals surface area contributed by atoms with Crippen molar-refractivity contribution in [1.82, 2.24) is 0 Å². The standard InChI is InChI=1S/C20H18Br2/c21-13-11-16-6-2-4-8-19(16)20-17(12-14-22)10-9-15-5-1-3-7-18(15)20/h1-10H,11-14H2. The van der Waals surface area contributed by atoms with Crippen LogP contribution in [0.4, 0.5) is 0 Å². The minimum Gasteiger partial charge on any atom is -0.0924 e. The van der Waals surface area contributed by atoms with E-state index in [1.165, 1.54) is 33.0 Å². The summed E-state index contributed by atoms with van der Waals surface area (Å²) in [7, 11) is 0. The number of fused-ring (bicyclic) bond motifs is 1. The van der Waals surface area contributed by atoms with Crippen molar-refractivity contribution in [2.75, 3.05) is 10.7 Å². The average Bonchev–Trinajstić information content (AvgIpc) is 2.56. The Morgan fingerprint density at radius 3 is 2.14 bits per heavy atom. The molecule has 2 heteroatoms. The van der Waals surface area contributed by atoms with Crippen LogP contribution in [0.25, 0.3) is 21.9 Å². The SMILES string of the molecule is BrCCc1ccccc1-c1c(CCBr)ccc2ccccc12. The van der Waals surface area contributed by atoms with Gasteiger partial charge in [-0.1, -0.05) is 92.5 Å². The third-order valence-corrected chi connectivity index (χ3v) is 4.82. The molecule has 3 aromatic carbocycles. The molecule has 0 atom stereocenters. The molecule has 0 saturated heterocycles. The second-order valence-electron chi connectivity index (χ2n) is 5.36. The maximum atomic E-state index is 3.60. The Morgan fingerprint density at radius 2 is 1.32 bits per heavy atom. The van der Waals surface area contributed by atoms with Crippen LogP contribution in [-0.4, -0.2) is 10.7 Å². The van der Waals surface area contributed by atoms with Gasteiger partial charge in [0.25, 0.3) is 0 Å². The zero-order valence-corrected chi connectivity index (χ0v) is 15.5.